The molecule has 2 aromatic rings. The van der Waals surface area contributed by atoms with Crippen LogP contribution >= 0.6 is 22.6 Å². The van der Waals surface area contributed by atoms with Gasteiger partial charge in [0.2, 0.25) is 0 Å². The van der Waals surface area contributed by atoms with Gasteiger partial charge in [0, 0.05) is 0 Å². The Morgan fingerprint density at radius 2 is 2.08 bits per heavy atom. The molecule has 0 bridgehead atoms. The predicted octanol–water partition coefficient (Wildman–Crippen LogP) is 4.18. The first-order valence-electron chi connectivity index (χ1n) is 8.09. The first-order valence-corrected chi connectivity index (χ1v) is 9.17. The summed E-state index contributed by atoms with van der Waals surface area (Å²) in [6.07, 6.45) is 1.48. The van der Waals surface area contributed by atoms with Crippen LogP contribution in [0, 0.1) is 14.9 Å². The van der Waals surface area contributed by atoms with E-state index in [-0.39, 0.29) is 17.4 Å². The highest BCUT2D eigenvalue weighted by atomic mass is 127. The van der Waals surface area contributed by atoms with E-state index < -0.39 is 5.91 Å². The van der Waals surface area contributed by atoms with Crippen molar-refractivity contribution in [3.8, 4) is 17.6 Å². The van der Waals surface area contributed by atoms with Crippen LogP contribution in [-0.4, -0.2) is 17.6 Å². The Morgan fingerprint density at radius 1 is 1.38 bits per heavy atom. The lowest BCUT2D eigenvalue weighted by molar-refractivity contribution is -0.117. The third-order valence-corrected chi connectivity index (χ3v) is 4.50. The number of ether oxygens (including phenoxy) is 1. The van der Waals surface area contributed by atoms with E-state index in [1.165, 1.54) is 6.08 Å². The van der Waals surface area contributed by atoms with Crippen molar-refractivity contribution in [2.24, 2.45) is 0 Å². The minimum atomic E-state index is -0.454. The third kappa shape index (κ3) is 4.99. The van der Waals surface area contributed by atoms with E-state index in [9.17, 15) is 15.2 Å². The molecule has 0 aliphatic carbocycles. The van der Waals surface area contributed by atoms with Crippen LogP contribution in [0.4, 0.5) is 0 Å². The van der Waals surface area contributed by atoms with Gasteiger partial charge in [0.15, 0.2) is 11.5 Å². The maximum Gasteiger partial charge on any atom is 0.262 e. The summed E-state index contributed by atoms with van der Waals surface area (Å²) in [5.41, 5.74) is 1.54. The Bertz CT molecular complexity index is 857. The second-order valence-electron chi connectivity index (χ2n) is 5.56. The third-order valence-electron chi connectivity index (χ3n) is 3.67. The van der Waals surface area contributed by atoms with Gasteiger partial charge in [0.05, 0.1) is 16.2 Å². The van der Waals surface area contributed by atoms with Crippen LogP contribution in [0.1, 0.15) is 31.0 Å². The largest absolute Gasteiger partial charge is 0.504 e. The van der Waals surface area contributed by atoms with Gasteiger partial charge in [0.1, 0.15) is 11.6 Å². The van der Waals surface area contributed by atoms with Crippen LogP contribution in [0.25, 0.3) is 6.08 Å². The molecule has 2 aromatic carbocycles. The first kappa shape index (κ1) is 19.8. The fraction of sp³-hybridized carbons (Fsp3) is 0.200. The molecule has 0 aliphatic rings. The summed E-state index contributed by atoms with van der Waals surface area (Å²) in [7, 11) is 0. The van der Waals surface area contributed by atoms with Gasteiger partial charge in [-0.25, -0.2) is 0 Å². The van der Waals surface area contributed by atoms with Gasteiger partial charge in [-0.15, -0.1) is 0 Å². The zero-order valence-corrected chi connectivity index (χ0v) is 16.6. The van der Waals surface area contributed by atoms with Gasteiger partial charge < -0.3 is 15.2 Å². The van der Waals surface area contributed by atoms with Gasteiger partial charge in [-0.2, -0.15) is 5.26 Å². The molecule has 0 heterocycles. The summed E-state index contributed by atoms with van der Waals surface area (Å²) in [6.45, 7) is 4.07. The van der Waals surface area contributed by atoms with Crippen molar-refractivity contribution in [3.63, 3.8) is 0 Å². The smallest absolute Gasteiger partial charge is 0.262 e. The number of carbonyl (C=O) groups excluding carboxylic acids is 1. The summed E-state index contributed by atoms with van der Waals surface area (Å²) in [6, 6.07) is 14.5. The lowest BCUT2D eigenvalue weighted by atomic mass is 10.1. The molecule has 0 unspecified atom stereocenters. The Labute approximate surface area is 166 Å². The zero-order chi connectivity index (χ0) is 19.1. The van der Waals surface area contributed by atoms with Gasteiger partial charge in [-0.3, -0.25) is 4.79 Å². The van der Waals surface area contributed by atoms with Crippen LogP contribution in [0.2, 0.25) is 0 Å². The van der Waals surface area contributed by atoms with Gasteiger partial charge in [-0.1, -0.05) is 30.3 Å². The van der Waals surface area contributed by atoms with E-state index in [0.717, 1.165) is 5.56 Å². The SMILES string of the molecule is CCOc1cc(/C=C(\C#N)C(=O)N[C@@H](C)c2ccccc2)cc(I)c1O. The van der Waals surface area contributed by atoms with Crippen molar-refractivity contribution in [2.75, 3.05) is 6.61 Å². The van der Waals surface area contributed by atoms with E-state index in [0.29, 0.717) is 21.5 Å². The molecule has 0 saturated carbocycles. The lowest BCUT2D eigenvalue weighted by Gasteiger charge is -2.14. The quantitative estimate of drug-likeness (QED) is 0.384. The van der Waals surface area contributed by atoms with Crippen LogP contribution in [0.3, 0.4) is 0 Å². The minimum Gasteiger partial charge on any atom is -0.504 e. The van der Waals surface area contributed by atoms with Gasteiger partial charge >= 0.3 is 0 Å². The summed E-state index contributed by atoms with van der Waals surface area (Å²) < 4.78 is 5.97. The number of aromatic hydroxyl groups is 1. The Balaban J connectivity index is 2.24. The van der Waals surface area contributed by atoms with Crippen LogP contribution in [0.15, 0.2) is 48.0 Å². The normalized spacial score (nSPS) is 12.2. The fourth-order valence-electron chi connectivity index (χ4n) is 2.36. The molecular formula is C20H19IN2O3. The number of halogens is 1. The summed E-state index contributed by atoms with van der Waals surface area (Å²) >= 11 is 1.98. The number of nitrogens with zero attached hydrogens (tertiary/aromatic N) is 1. The second-order valence-corrected chi connectivity index (χ2v) is 6.72. The molecule has 26 heavy (non-hydrogen) atoms. The highest BCUT2D eigenvalue weighted by Crippen LogP contribution is 2.33. The fourth-order valence-corrected chi connectivity index (χ4v) is 2.98. The molecule has 0 aromatic heterocycles. The van der Waals surface area contributed by atoms with Crippen LogP contribution in [0.5, 0.6) is 11.5 Å². The number of nitriles is 1. The van der Waals surface area contributed by atoms with E-state index >= 15 is 0 Å². The van der Waals surface area contributed by atoms with Crippen molar-refractivity contribution in [1.29, 1.82) is 5.26 Å². The number of hydrogen-bond donors (Lipinski definition) is 2. The lowest BCUT2D eigenvalue weighted by Crippen LogP contribution is -2.27. The molecule has 1 atom stereocenters. The van der Waals surface area contributed by atoms with E-state index in [4.69, 9.17) is 4.74 Å². The van der Waals surface area contributed by atoms with Crippen molar-refractivity contribution in [2.45, 2.75) is 19.9 Å². The highest BCUT2D eigenvalue weighted by Gasteiger charge is 2.15. The molecule has 6 heteroatoms. The molecule has 1 amide bonds. The topological polar surface area (TPSA) is 82.3 Å². The number of hydrogen-bond acceptors (Lipinski definition) is 4. The number of amides is 1. The number of rotatable bonds is 6. The summed E-state index contributed by atoms with van der Waals surface area (Å²) in [5, 5.41) is 22.2. The number of nitrogens with one attached hydrogen (secondary N) is 1. The maximum absolute atomic E-state index is 12.4. The summed E-state index contributed by atoms with van der Waals surface area (Å²) in [4.78, 5) is 12.4. The molecule has 134 valence electrons. The molecular weight excluding hydrogens is 443 g/mol. The predicted molar refractivity (Wildman–Crippen MR) is 109 cm³/mol. The Kier molecular flexibility index (Phi) is 7.04. The van der Waals surface area contributed by atoms with E-state index in [1.54, 1.807) is 12.1 Å². The maximum atomic E-state index is 12.4. The average molecular weight is 462 g/mol. The number of carbonyl (C=O) groups is 1. The average Bonchev–Trinajstić information content (AvgIpc) is 2.64. The number of benzene rings is 2. The van der Waals surface area contributed by atoms with Crippen molar-refractivity contribution < 1.29 is 14.6 Å². The first-order chi connectivity index (χ1) is 12.5. The number of phenolic OH excluding ortho intramolecular Hbond substituents is 1. The zero-order valence-electron chi connectivity index (χ0n) is 14.5. The van der Waals surface area contributed by atoms with Gasteiger partial charge in [-0.05, 0) is 65.8 Å². The second kappa shape index (κ2) is 9.25. The molecule has 2 N–H and O–H groups in total. The summed E-state index contributed by atoms with van der Waals surface area (Å²) in [5.74, 6) is -0.0869. The molecule has 0 fully saturated rings. The van der Waals surface area contributed by atoms with E-state index in [2.05, 4.69) is 5.32 Å². The minimum absolute atomic E-state index is 0.0169. The molecule has 0 radical (unpaired) electrons. The monoisotopic (exact) mass is 462 g/mol. The van der Waals surface area contributed by atoms with Crippen LogP contribution in [-0.2, 0) is 4.79 Å². The Hall–Kier alpha value is -2.53. The standard InChI is InChI=1S/C20H19IN2O3/c1-3-26-18-11-14(10-17(21)19(18)24)9-16(12-22)20(25)23-13(2)15-7-5-4-6-8-15/h4-11,13,24H,3H2,1-2H3,(H,23,25)/b16-9+/t13-/m0/s1. The van der Waals surface area contributed by atoms with Gasteiger partial charge in [0.25, 0.3) is 5.91 Å². The highest BCUT2D eigenvalue weighted by molar-refractivity contribution is 14.1. The van der Waals surface area contributed by atoms with Crippen molar-refractivity contribution >= 4 is 34.6 Å². The van der Waals surface area contributed by atoms with E-state index in [1.807, 2.05) is 72.8 Å². The molecule has 0 spiro atoms. The van der Waals surface area contributed by atoms with Crippen molar-refractivity contribution in [1.82, 2.24) is 5.32 Å². The molecule has 2 rings (SSSR count). The molecule has 0 aliphatic heterocycles. The van der Waals surface area contributed by atoms with Crippen LogP contribution < -0.4 is 10.1 Å². The van der Waals surface area contributed by atoms with Crippen molar-refractivity contribution in [3.05, 3.63) is 62.7 Å². The molecule has 5 nitrogen and oxygen atoms in total. The Morgan fingerprint density at radius 3 is 2.69 bits per heavy atom. The number of phenols is 1. The molecule has 0 saturated heterocycles.